The van der Waals surface area contributed by atoms with Crippen LogP contribution in [0.2, 0.25) is 0 Å². The summed E-state index contributed by atoms with van der Waals surface area (Å²) in [6, 6.07) is 12.2. The van der Waals surface area contributed by atoms with E-state index in [-0.39, 0.29) is 5.69 Å². The minimum atomic E-state index is -0.470. The highest BCUT2D eigenvalue weighted by Crippen LogP contribution is 2.29. The third-order valence-corrected chi connectivity index (χ3v) is 3.68. The van der Waals surface area contributed by atoms with Gasteiger partial charge in [0.05, 0.1) is 23.8 Å². The van der Waals surface area contributed by atoms with Crippen molar-refractivity contribution in [3.05, 3.63) is 58.1 Å². The van der Waals surface area contributed by atoms with Gasteiger partial charge in [-0.15, -0.1) is 0 Å². The minimum absolute atomic E-state index is 0.0403. The smallest absolute Gasteiger partial charge is 0.273 e. The highest BCUT2D eigenvalue weighted by atomic mass is 32.1. The number of non-ortho nitro benzene ring substituents is 1. The highest BCUT2D eigenvalue weighted by molar-refractivity contribution is 7.80. The van der Waals surface area contributed by atoms with Gasteiger partial charge in [-0.3, -0.25) is 10.1 Å². The van der Waals surface area contributed by atoms with Gasteiger partial charge in [0, 0.05) is 11.8 Å². The first-order valence-electron chi connectivity index (χ1n) is 7.41. The lowest BCUT2D eigenvalue weighted by molar-refractivity contribution is -0.384. The SMILES string of the molecule is COc1cc([N+](=O)[O-])ccc1NC(=S)Nc1ccccc1C(C)C. The van der Waals surface area contributed by atoms with E-state index in [9.17, 15) is 10.1 Å². The Labute approximate surface area is 146 Å². The second-order valence-electron chi connectivity index (χ2n) is 5.46. The largest absolute Gasteiger partial charge is 0.494 e. The quantitative estimate of drug-likeness (QED) is 0.471. The Morgan fingerprint density at radius 1 is 1.17 bits per heavy atom. The molecule has 0 saturated heterocycles. The molecule has 24 heavy (non-hydrogen) atoms. The molecule has 0 unspecified atom stereocenters. The van der Waals surface area contributed by atoms with Gasteiger partial charge < -0.3 is 15.4 Å². The van der Waals surface area contributed by atoms with Crippen molar-refractivity contribution in [2.75, 3.05) is 17.7 Å². The lowest BCUT2D eigenvalue weighted by atomic mass is 10.0. The van der Waals surface area contributed by atoms with Gasteiger partial charge in [-0.25, -0.2) is 0 Å². The van der Waals surface area contributed by atoms with E-state index in [1.807, 2.05) is 24.3 Å². The zero-order valence-corrected chi connectivity index (χ0v) is 14.5. The monoisotopic (exact) mass is 345 g/mol. The number of nitrogens with zero attached hydrogens (tertiary/aromatic N) is 1. The number of hydrogen-bond acceptors (Lipinski definition) is 4. The number of para-hydroxylation sites is 1. The van der Waals surface area contributed by atoms with E-state index in [0.717, 1.165) is 11.3 Å². The van der Waals surface area contributed by atoms with Crippen LogP contribution in [0.4, 0.5) is 17.1 Å². The van der Waals surface area contributed by atoms with Crippen LogP contribution in [0.1, 0.15) is 25.3 Å². The number of thiocarbonyl (C=S) groups is 1. The summed E-state index contributed by atoms with van der Waals surface area (Å²) in [5, 5.41) is 17.4. The van der Waals surface area contributed by atoms with E-state index < -0.39 is 4.92 Å². The zero-order valence-electron chi connectivity index (χ0n) is 13.7. The number of benzene rings is 2. The summed E-state index contributed by atoms with van der Waals surface area (Å²) in [6.07, 6.45) is 0. The number of methoxy groups -OCH3 is 1. The number of ether oxygens (including phenoxy) is 1. The highest BCUT2D eigenvalue weighted by Gasteiger charge is 2.13. The second kappa shape index (κ2) is 7.74. The molecular weight excluding hydrogens is 326 g/mol. The van der Waals surface area contributed by atoms with Crippen LogP contribution < -0.4 is 15.4 Å². The van der Waals surface area contributed by atoms with Crippen LogP contribution in [0.5, 0.6) is 5.75 Å². The molecule has 0 aliphatic heterocycles. The molecule has 6 nitrogen and oxygen atoms in total. The van der Waals surface area contributed by atoms with Crippen LogP contribution in [0.3, 0.4) is 0 Å². The van der Waals surface area contributed by atoms with E-state index in [2.05, 4.69) is 24.5 Å². The van der Waals surface area contributed by atoms with Crippen LogP contribution >= 0.6 is 12.2 Å². The number of anilines is 2. The van der Waals surface area contributed by atoms with Crippen LogP contribution in [-0.2, 0) is 0 Å². The van der Waals surface area contributed by atoms with E-state index >= 15 is 0 Å². The molecule has 126 valence electrons. The molecule has 2 aromatic carbocycles. The van der Waals surface area contributed by atoms with Gasteiger partial charge >= 0.3 is 0 Å². The summed E-state index contributed by atoms with van der Waals surface area (Å²) in [5.74, 6) is 0.705. The predicted molar refractivity (Wildman–Crippen MR) is 100 cm³/mol. The summed E-state index contributed by atoms with van der Waals surface area (Å²) >= 11 is 5.34. The molecule has 0 radical (unpaired) electrons. The summed E-state index contributed by atoms with van der Waals surface area (Å²) < 4.78 is 5.19. The van der Waals surface area contributed by atoms with E-state index in [0.29, 0.717) is 22.5 Å². The molecule has 0 spiro atoms. The number of nitro groups is 1. The lowest BCUT2D eigenvalue weighted by Gasteiger charge is -2.17. The minimum Gasteiger partial charge on any atom is -0.494 e. The summed E-state index contributed by atoms with van der Waals surface area (Å²) in [7, 11) is 1.45. The van der Waals surface area contributed by atoms with Crippen molar-refractivity contribution in [3.63, 3.8) is 0 Å². The fourth-order valence-electron chi connectivity index (χ4n) is 2.29. The lowest BCUT2D eigenvalue weighted by Crippen LogP contribution is -2.20. The fraction of sp³-hybridized carbons (Fsp3) is 0.235. The van der Waals surface area contributed by atoms with Crippen LogP contribution in [0.25, 0.3) is 0 Å². The molecule has 2 N–H and O–H groups in total. The summed E-state index contributed by atoms with van der Waals surface area (Å²) in [4.78, 5) is 10.4. The van der Waals surface area contributed by atoms with Crippen molar-refractivity contribution in [2.45, 2.75) is 19.8 Å². The van der Waals surface area contributed by atoms with Crippen LogP contribution in [0, 0.1) is 10.1 Å². The second-order valence-corrected chi connectivity index (χ2v) is 5.87. The topological polar surface area (TPSA) is 76.4 Å². The fourth-order valence-corrected chi connectivity index (χ4v) is 2.51. The van der Waals surface area contributed by atoms with Crippen molar-refractivity contribution in [2.24, 2.45) is 0 Å². The molecule has 0 amide bonds. The van der Waals surface area contributed by atoms with Crippen molar-refractivity contribution >= 4 is 34.4 Å². The molecule has 0 aromatic heterocycles. The van der Waals surface area contributed by atoms with Crippen molar-refractivity contribution in [1.29, 1.82) is 0 Å². The van der Waals surface area contributed by atoms with Gasteiger partial charge in [-0.1, -0.05) is 32.0 Å². The average Bonchev–Trinajstić information content (AvgIpc) is 2.55. The van der Waals surface area contributed by atoms with Crippen molar-refractivity contribution < 1.29 is 9.66 Å². The van der Waals surface area contributed by atoms with Crippen molar-refractivity contribution in [3.8, 4) is 5.75 Å². The van der Waals surface area contributed by atoms with Crippen LogP contribution in [-0.4, -0.2) is 17.1 Å². The van der Waals surface area contributed by atoms with E-state index in [1.54, 1.807) is 6.07 Å². The maximum absolute atomic E-state index is 10.8. The van der Waals surface area contributed by atoms with Crippen molar-refractivity contribution in [1.82, 2.24) is 0 Å². The Morgan fingerprint density at radius 2 is 1.83 bits per heavy atom. The van der Waals surface area contributed by atoms with E-state index in [1.165, 1.54) is 19.2 Å². The molecule has 0 heterocycles. The summed E-state index contributed by atoms with van der Waals surface area (Å²) in [6.45, 7) is 4.21. The molecule has 2 rings (SSSR count). The number of nitrogens with one attached hydrogen (secondary N) is 2. The molecule has 7 heteroatoms. The zero-order chi connectivity index (χ0) is 17.7. The molecule has 0 bridgehead atoms. The Morgan fingerprint density at radius 3 is 2.46 bits per heavy atom. The molecule has 0 fully saturated rings. The Kier molecular flexibility index (Phi) is 5.70. The normalized spacial score (nSPS) is 10.3. The molecule has 0 atom stereocenters. The van der Waals surface area contributed by atoms with Gasteiger partial charge in [-0.2, -0.15) is 0 Å². The maximum atomic E-state index is 10.8. The standard InChI is InChI=1S/C17H19N3O3S/c1-11(2)13-6-4-5-7-14(13)18-17(24)19-15-9-8-12(20(21)22)10-16(15)23-3/h4-11H,1-3H3,(H2,18,19,24). The molecule has 0 aliphatic carbocycles. The van der Waals surface area contributed by atoms with Gasteiger partial charge in [-0.05, 0) is 35.8 Å². The van der Waals surface area contributed by atoms with Gasteiger partial charge in [0.1, 0.15) is 5.75 Å². The first-order valence-corrected chi connectivity index (χ1v) is 7.82. The Balaban J connectivity index is 2.17. The van der Waals surface area contributed by atoms with E-state index in [4.69, 9.17) is 17.0 Å². The Hall–Kier alpha value is -2.67. The number of rotatable bonds is 5. The van der Waals surface area contributed by atoms with Gasteiger partial charge in [0.15, 0.2) is 5.11 Å². The first kappa shape index (κ1) is 17.7. The first-order chi connectivity index (χ1) is 11.4. The number of nitro benzene ring substituents is 1. The van der Waals surface area contributed by atoms with Crippen LogP contribution in [0.15, 0.2) is 42.5 Å². The molecule has 0 aliphatic rings. The maximum Gasteiger partial charge on any atom is 0.273 e. The third-order valence-electron chi connectivity index (χ3n) is 3.48. The summed E-state index contributed by atoms with van der Waals surface area (Å²) in [5.41, 5.74) is 2.59. The Bertz CT molecular complexity index is 762. The molecule has 0 saturated carbocycles. The third kappa shape index (κ3) is 4.20. The van der Waals surface area contributed by atoms with Gasteiger partial charge in [0.25, 0.3) is 5.69 Å². The average molecular weight is 345 g/mol. The predicted octanol–water partition coefficient (Wildman–Crippen LogP) is 4.54. The molecule has 2 aromatic rings. The van der Waals surface area contributed by atoms with Gasteiger partial charge in [0.2, 0.25) is 0 Å². The number of hydrogen-bond donors (Lipinski definition) is 2. The molecular formula is C17H19N3O3S.